The van der Waals surface area contributed by atoms with E-state index in [2.05, 4.69) is 9.82 Å². The van der Waals surface area contributed by atoms with Crippen LogP contribution in [0.4, 0.5) is 5.69 Å². The van der Waals surface area contributed by atoms with E-state index < -0.39 is 10.0 Å². The first-order valence-corrected chi connectivity index (χ1v) is 8.40. The lowest BCUT2D eigenvalue weighted by atomic mass is 10.4. The van der Waals surface area contributed by atoms with Crippen molar-refractivity contribution >= 4 is 27.0 Å². The van der Waals surface area contributed by atoms with Crippen LogP contribution in [0.1, 0.15) is 29.6 Å². The molecule has 0 atom stereocenters. The van der Waals surface area contributed by atoms with Crippen LogP contribution in [0, 0.1) is 6.92 Å². The van der Waals surface area contributed by atoms with Crippen molar-refractivity contribution in [1.82, 2.24) is 9.78 Å². The highest BCUT2D eigenvalue weighted by Crippen LogP contribution is 2.27. The molecule has 0 unspecified atom stereocenters. The molecular weight excluding hydrogens is 298 g/mol. The summed E-state index contributed by atoms with van der Waals surface area (Å²) in [7, 11) is -3.65. The highest BCUT2D eigenvalue weighted by molar-refractivity contribution is 7.93. The summed E-state index contributed by atoms with van der Waals surface area (Å²) in [5.74, 6) is 0. The molecule has 2 aromatic rings. The Labute approximate surface area is 122 Å². The molecule has 0 radical (unpaired) electrons. The Kier molecular flexibility index (Phi) is 4.17. The van der Waals surface area contributed by atoms with Crippen LogP contribution in [0.2, 0.25) is 0 Å². The van der Waals surface area contributed by atoms with E-state index in [1.54, 1.807) is 17.8 Å². The summed E-state index contributed by atoms with van der Waals surface area (Å²) >= 11 is 1.27. The SMILES string of the molecule is Cc1sc(CO)cc1S(=O)(=O)Nc1cnn(C(C)C)c1. The number of hydrogen-bond acceptors (Lipinski definition) is 5. The first kappa shape index (κ1) is 15.0. The fourth-order valence-corrected chi connectivity index (χ4v) is 4.28. The maximum absolute atomic E-state index is 12.3. The third kappa shape index (κ3) is 3.02. The first-order valence-electron chi connectivity index (χ1n) is 6.10. The van der Waals surface area contributed by atoms with Crippen LogP contribution in [0.25, 0.3) is 0 Å². The third-order valence-corrected chi connectivity index (χ3v) is 5.42. The Morgan fingerprint density at radius 3 is 2.70 bits per heavy atom. The topological polar surface area (TPSA) is 84.2 Å². The highest BCUT2D eigenvalue weighted by Gasteiger charge is 2.20. The number of aromatic nitrogens is 2. The molecule has 0 aliphatic carbocycles. The van der Waals surface area contributed by atoms with E-state index in [4.69, 9.17) is 5.11 Å². The second kappa shape index (κ2) is 5.55. The van der Waals surface area contributed by atoms with E-state index >= 15 is 0 Å². The number of nitrogens with zero attached hydrogens (tertiary/aromatic N) is 2. The number of anilines is 1. The molecule has 0 aliphatic rings. The molecule has 20 heavy (non-hydrogen) atoms. The van der Waals surface area contributed by atoms with Gasteiger partial charge in [0, 0.05) is 22.0 Å². The van der Waals surface area contributed by atoms with Gasteiger partial charge < -0.3 is 5.11 Å². The zero-order valence-electron chi connectivity index (χ0n) is 11.5. The van der Waals surface area contributed by atoms with Gasteiger partial charge in [-0.15, -0.1) is 11.3 Å². The maximum atomic E-state index is 12.3. The zero-order valence-corrected chi connectivity index (χ0v) is 13.1. The van der Waals surface area contributed by atoms with Crippen molar-refractivity contribution in [2.75, 3.05) is 4.72 Å². The van der Waals surface area contributed by atoms with Gasteiger partial charge in [-0.3, -0.25) is 9.40 Å². The summed E-state index contributed by atoms with van der Waals surface area (Å²) in [6, 6.07) is 1.66. The number of aliphatic hydroxyl groups excluding tert-OH is 1. The van der Waals surface area contributed by atoms with Gasteiger partial charge in [-0.1, -0.05) is 0 Å². The molecule has 8 heteroatoms. The van der Waals surface area contributed by atoms with Crippen LogP contribution >= 0.6 is 11.3 Å². The number of thiophene rings is 1. The molecule has 6 nitrogen and oxygen atoms in total. The van der Waals surface area contributed by atoms with Crippen molar-refractivity contribution in [3.8, 4) is 0 Å². The average Bonchev–Trinajstić information content (AvgIpc) is 2.95. The number of sulfonamides is 1. The van der Waals surface area contributed by atoms with Crippen molar-refractivity contribution in [3.05, 3.63) is 28.2 Å². The normalized spacial score (nSPS) is 12.1. The van der Waals surface area contributed by atoms with E-state index in [0.29, 0.717) is 15.4 Å². The molecule has 2 rings (SSSR count). The second-order valence-corrected chi connectivity index (χ2v) is 7.69. The van der Waals surface area contributed by atoms with Gasteiger partial charge in [0.05, 0.1) is 18.5 Å². The van der Waals surface area contributed by atoms with Crippen molar-refractivity contribution < 1.29 is 13.5 Å². The summed E-state index contributed by atoms with van der Waals surface area (Å²) in [6.45, 7) is 5.48. The molecule has 110 valence electrons. The van der Waals surface area contributed by atoms with E-state index in [1.165, 1.54) is 23.6 Å². The predicted octanol–water partition coefficient (Wildman–Crippen LogP) is 2.13. The Bertz CT molecular complexity index is 701. The molecule has 0 saturated heterocycles. The molecule has 0 bridgehead atoms. The minimum Gasteiger partial charge on any atom is -0.391 e. The average molecular weight is 315 g/mol. The molecule has 2 aromatic heterocycles. The Hall–Kier alpha value is -1.38. The third-order valence-electron chi connectivity index (χ3n) is 2.75. The molecule has 0 saturated carbocycles. The molecular formula is C12H17N3O3S2. The summed E-state index contributed by atoms with van der Waals surface area (Å²) in [5.41, 5.74) is 0.426. The molecule has 2 N–H and O–H groups in total. The number of aliphatic hydroxyl groups is 1. The molecule has 0 aromatic carbocycles. The quantitative estimate of drug-likeness (QED) is 0.885. The predicted molar refractivity (Wildman–Crippen MR) is 78.4 cm³/mol. The second-order valence-electron chi connectivity index (χ2n) is 4.70. The lowest BCUT2D eigenvalue weighted by molar-refractivity contribution is 0.285. The van der Waals surface area contributed by atoms with Gasteiger partial charge in [-0.05, 0) is 26.8 Å². The van der Waals surface area contributed by atoms with Crippen molar-refractivity contribution in [2.45, 2.75) is 38.3 Å². The van der Waals surface area contributed by atoms with Gasteiger partial charge in [0.2, 0.25) is 0 Å². The molecule has 0 spiro atoms. The summed E-state index contributed by atoms with van der Waals surface area (Å²) in [5, 5.41) is 13.2. The lowest BCUT2D eigenvalue weighted by Crippen LogP contribution is -2.12. The van der Waals surface area contributed by atoms with Crippen molar-refractivity contribution in [1.29, 1.82) is 0 Å². The van der Waals surface area contributed by atoms with E-state index in [-0.39, 0.29) is 17.5 Å². The van der Waals surface area contributed by atoms with Gasteiger partial charge in [0.25, 0.3) is 10.0 Å². The largest absolute Gasteiger partial charge is 0.391 e. The Morgan fingerprint density at radius 1 is 1.50 bits per heavy atom. The monoisotopic (exact) mass is 315 g/mol. The lowest BCUT2D eigenvalue weighted by Gasteiger charge is -2.06. The molecule has 0 aliphatic heterocycles. The highest BCUT2D eigenvalue weighted by atomic mass is 32.2. The van der Waals surface area contributed by atoms with Crippen LogP contribution in [0.5, 0.6) is 0 Å². The first-order chi connectivity index (χ1) is 9.33. The minimum atomic E-state index is -3.65. The summed E-state index contributed by atoms with van der Waals surface area (Å²) < 4.78 is 28.8. The summed E-state index contributed by atoms with van der Waals surface area (Å²) in [4.78, 5) is 1.47. The maximum Gasteiger partial charge on any atom is 0.263 e. The van der Waals surface area contributed by atoms with Crippen LogP contribution in [-0.2, 0) is 16.6 Å². The van der Waals surface area contributed by atoms with Crippen molar-refractivity contribution in [2.24, 2.45) is 0 Å². The number of nitrogens with one attached hydrogen (secondary N) is 1. The Balaban J connectivity index is 2.28. The fraction of sp³-hybridized carbons (Fsp3) is 0.417. The summed E-state index contributed by atoms with van der Waals surface area (Å²) in [6.07, 6.45) is 3.13. The molecule has 0 amide bonds. The van der Waals surface area contributed by atoms with Gasteiger partial charge in [-0.2, -0.15) is 5.10 Å². The van der Waals surface area contributed by atoms with Crippen molar-refractivity contribution in [3.63, 3.8) is 0 Å². The van der Waals surface area contributed by atoms with E-state index in [1.807, 2.05) is 13.8 Å². The zero-order chi connectivity index (χ0) is 14.9. The van der Waals surface area contributed by atoms with Gasteiger partial charge in [0.15, 0.2) is 0 Å². The van der Waals surface area contributed by atoms with Crippen LogP contribution in [-0.4, -0.2) is 23.3 Å². The van der Waals surface area contributed by atoms with Crippen LogP contribution in [0.3, 0.4) is 0 Å². The van der Waals surface area contributed by atoms with Gasteiger partial charge in [-0.25, -0.2) is 8.42 Å². The van der Waals surface area contributed by atoms with Gasteiger partial charge in [0.1, 0.15) is 4.90 Å². The van der Waals surface area contributed by atoms with E-state index in [9.17, 15) is 8.42 Å². The number of aryl methyl sites for hydroxylation is 1. The number of rotatable bonds is 5. The van der Waals surface area contributed by atoms with E-state index in [0.717, 1.165) is 0 Å². The minimum absolute atomic E-state index is 0.160. The molecule has 0 fully saturated rings. The number of hydrogen-bond donors (Lipinski definition) is 2. The Morgan fingerprint density at radius 2 is 2.20 bits per heavy atom. The smallest absolute Gasteiger partial charge is 0.263 e. The fourth-order valence-electron chi connectivity index (χ4n) is 1.75. The molecule has 2 heterocycles. The van der Waals surface area contributed by atoms with Crippen LogP contribution in [0.15, 0.2) is 23.4 Å². The standard InChI is InChI=1S/C12H17N3O3S2/c1-8(2)15-6-10(5-13-15)14-20(17,18)12-4-11(7-16)19-9(12)3/h4-6,8,14,16H,7H2,1-3H3. The van der Waals surface area contributed by atoms with Gasteiger partial charge >= 0.3 is 0 Å². The van der Waals surface area contributed by atoms with Crippen LogP contribution < -0.4 is 4.72 Å².